The highest BCUT2D eigenvalue weighted by molar-refractivity contribution is 4.49. The largest absolute Gasteiger partial charge is 0.396 e. The Labute approximate surface area is 152 Å². The molecule has 0 saturated carbocycles. The summed E-state index contributed by atoms with van der Waals surface area (Å²) in [5, 5.41) is 8.70. The van der Waals surface area contributed by atoms with E-state index in [1.54, 1.807) is 0 Å². The van der Waals surface area contributed by atoms with Crippen LogP contribution in [0.15, 0.2) is 0 Å². The smallest absolute Gasteiger partial charge is 0.0466 e. The molecule has 0 amide bonds. The van der Waals surface area contributed by atoms with Gasteiger partial charge in [0.15, 0.2) is 0 Å². The van der Waals surface area contributed by atoms with Gasteiger partial charge in [-0.2, -0.15) is 0 Å². The third-order valence-electron chi connectivity index (χ3n) is 4.84. The van der Waals surface area contributed by atoms with Crippen LogP contribution in [0.2, 0.25) is 0 Å². The lowest BCUT2D eigenvalue weighted by Gasteiger charge is -2.05. The fraction of sp³-hybridized carbons (Fsp3) is 1.00. The molecule has 0 fully saturated rings. The zero-order chi connectivity index (χ0) is 17.6. The average molecular weight is 343 g/mol. The molecule has 0 aromatic carbocycles. The minimum atomic E-state index is 0.358. The number of rotatable bonds is 21. The van der Waals surface area contributed by atoms with E-state index in [0.717, 1.165) is 19.6 Å². The average Bonchev–Trinajstić information content (AvgIpc) is 2.60. The third-order valence-corrected chi connectivity index (χ3v) is 4.84. The standard InChI is InChI=1S/C22H46O2/c1-2-3-4-5-6-7-9-12-15-18-21-24-22-19-16-13-10-8-11-14-17-20-23/h23H,2-22H2,1H3. The van der Waals surface area contributed by atoms with Crippen molar-refractivity contribution in [3.63, 3.8) is 0 Å². The number of aliphatic hydroxyl groups is 1. The Balaban J connectivity index is 2.93. The molecule has 0 rings (SSSR count). The van der Waals surface area contributed by atoms with Crippen molar-refractivity contribution in [1.29, 1.82) is 0 Å². The summed E-state index contributed by atoms with van der Waals surface area (Å²) in [5.41, 5.74) is 0. The highest BCUT2D eigenvalue weighted by atomic mass is 16.5. The highest BCUT2D eigenvalue weighted by Gasteiger charge is 1.95. The lowest BCUT2D eigenvalue weighted by atomic mass is 10.1. The molecule has 0 aliphatic heterocycles. The van der Waals surface area contributed by atoms with Crippen LogP contribution in [-0.4, -0.2) is 24.9 Å². The predicted molar refractivity (Wildman–Crippen MR) is 107 cm³/mol. The molecule has 1 N–H and O–H groups in total. The van der Waals surface area contributed by atoms with Gasteiger partial charge in [0.25, 0.3) is 0 Å². The molecule has 0 spiro atoms. The van der Waals surface area contributed by atoms with Crippen molar-refractivity contribution >= 4 is 0 Å². The molecule has 0 bridgehead atoms. The number of hydrogen-bond acceptors (Lipinski definition) is 2. The van der Waals surface area contributed by atoms with E-state index in [0.29, 0.717) is 6.61 Å². The van der Waals surface area contributed by atoms with Crippen LogP contribution in [0, 0.1) is 0 Å². The van der Waals surface area contributed by atoms with E-state index in [4.69, 9.17) is 9.84 Å². The third kappa shape index (κ3) is 21.9. The maximum Gasteiger partial charge on any atom is 0.0466 e. The number of hydrogen-bond donors (Lipinski definition) is 1. The van der Waals surface area contributed by atoms with Crippen molar-refractivity contribution in [2.45, 2.75) is 122 Å². The van der Waals surface area contributed by atoms with Crippen LogP contribution in [0.3, 0.4) is 0 Å². The first-order valence-corrected chi connectivity index (χ1v) is 11.1. The fourth-order valence-corrected chi connectivity index (χ4v) is 3.17. The second-order valence-corrected chi connectivity index (χ2v) is 7.35. The first kappa shape index (κ1) is 23.9. The van der Waals surface area contributed by atoms with E-state index in [2.05, 4.69) is 6.92 Å². The van der Waals surface area contributed by atoms with Crippen LogP contribution < -0.4 is 0 Å². The molecule has 2 heteroatoms. The van der Waals surface area contributed by atoms with E-state index >= 15 is 0 Å². The number of ether oxygens (including phenoxy) is 1. The lowest BCUT2D eigenvalue weighted by molar-refractivity contribution is 0.125. The van der Waals surface area contributed by atoms with E-state index in [1.807, 2.05) is 0 Å². The van der Waals surface area contributed by atoms with Crippen molar-refractivity contribution in [3.8, 4) is 0 Å². The van der Waals surface area contributed by atoms with Gasteiger partial charge in [-0.3, -0.25) is 0 Å². The predicted octanol–water partition coefficient (Wildman–Crippen LogP) is 7.04. The quantitative estimate of drug-likeness (QED) is 0.227. The van der Waals surface area contributed by atoms with Crippen LogP contribution in [0.1, 0.15) is 122 Å². The van der Waals surface area contributed by atoms with Gasteiger partial charge in [-0.1, -0.05) is 103 Å². The molecule has 24 heavy (non-hydrogen) atoms. The minimum absolute atomic E-state index is 0.358. The van der Waals surface area contributed by atoms with Gasteiger partial charge in [-0.25, -0.2) is 0 Å². The van der Waals surface area contributed by atoms with Gasteiger partial charge in [-0.05, 0) is 19.3 Å². The van der Waals surface area contributed by atoms with E-state index < -0.39 is 0 Å². The van der Waals surface area contributed by atoms with Gasteiger partial charge >= 0.3 is 0 Å². The molecule has 0 saturated heterocycles. The molecule has 0 atom stereocenters. The summed E-state index contributed by atoms with van der Waals surface area (Å²) in [4.78, 5) is 0. The Morgan fingerprint density at radius 3 is 1.17 bits per heavy atom. The van der Waals surface area contributed by atoms with E-state index in [1.165, 1.54) is 109 Å². The molecule has 0 aromatic heterocycles. The molecule has 146 valence electrons. The van der Waals surface area contributed by atoms with Gasteiger partial charge in [0.05, 0.1) is 0 Å². The first-order chi connectivity index (χ1) is 11.9. The molecule has 0 unspecified atom stereocenters. The van der Waals surface area contributed by atoms with Crippen molar-refractivity contribution in [3.05, 3.63) is 0 Å². The summed E-state index contributed by atoms with van der Waals surface area (Å²) < 4.78 is 5.74. The maximum atomic E-state index is 8.70. The van der Waals surface area contributed by atoms with E-state index in [9.17, 15) is 0 Å². The van der Waals surface area contributed by atoms with Crippen molar-refractivity contribution in [1.82, 2.24) is 0 Å². The molecule has 0 heterocycles. The Morgan fingerprint density at radius 1 is 0.458 bits per heavy atom. The van der Waals surface area contributed by atoms with Gasteiger partial charge in [0.2, 0.25) is 0 Å². The lowest BCUT2D eigenvalue weighted by Crippen LogP contribution is -1.97. The summed E-state index contributed by atoms with van der Waals surface area (Å²) in [5.74, 6) is 0. The molecule has 0 radical (unpaired) electrons. The number of aliphatic hydroxyl groups excluding tert-OH is 1. The summed E-state index contributed by atoms with van der Waals surface area (Å²) in [6, 6.07) is 0. The number of unbranched alkanes of at least 4 members (excludes halogenated alkanes) is 16. The summed E-state index contributed by atoms with van der Waals surface area (Å²) in [6.45, 7) is 4.57. The van der Waals surface area contributed by atoms with Gasteiger partial charge in [-0.15, -0.1) is 0 Å². The van der Waals surface area contributed by atoms with Crippen LogP contribution in [0.4, 0.5) is 0 Å². The van der Waals surface area contributed by atoms with Crippen LogP contribution in [0.25, 0.3) is 0 Å². The Morgan fingerprint density at radius 2 is 0.792 bits per heavy atom. The summed E-state index contributed by atoms with van der Waals surface area (Å²) in [7, 11) is 0. The van der Waals surface area contributed by atoms with Crippen molar-refractivity contribution in [2.75, 3.05) is 19.8 Å². The molecule has 0 aliphatic rings. The minimum Gasteiger partial charge on any atom is -0.396 e. The topological polar surface area (TPSA) is 29.5 Å². The second-order valence-electron chi connectivity index (χ2n) is 7.35. The maximum absolute atomic E-state index is 8.70. The zero-order valence-electron chi connectivity index (χ0n) is 16.7. The second kappa shape index (κ2) is 22.9. The Kier molecular flexibility index (Phi) is 22.8. The van der Waals surface area contributed by atoms with Gasteiger partial charge in [0.1, 0.15) is 0 Å². The zero-order valence-corrected chi connectivity index (χ0v) is 16.7. The Bertz CT molecular complexity index is 184. The summed E-state index contributed by atoms with van der Waals surface area (Å²) in [6.07, 6.45) is 24.0. The monoisotopic (exact) mass is 342 g/mol. The summed E-state index contributed by atoms with van der Waals surface area (Å²) >= 11 is 0. The van der Waals surface area contributed by atoms with Gasteiger partial charge < -0.3 is 9.84 Å². The molecule has 0 aliphatic carbocycles. The first-order valence-electron chi connectivity index (χ1n) is 11.1. The molecular formula is C22H46O2. The molecule has 2 nitrogen and oxygen atoms in total. The van der Waals surface area contributed by atoms with E-state index in [-0.39, 0.29) is 0 Å². The van der Waals surface area contributed by atoms with Crippen LogP contribution >= 0.6 is 0 Å². The highest BCUT2D eigenvalue weighted by Crippen LogP contribution is 2.11. The normalized spacial score (nSPS) is 11.2. The van der Waals surface area contributed by atoms with Crippen molar-refractivity contribution in [2.24, 2.45) is 0 Å². The fourth-order valence-electron chi connectivity index (χ4n) is 3.17. The van der Waals surface area contributed by atoms with Crippen LogP contribution in [-0.2, 0) is 4.74 Å². The van der Waals surface area contributed by atoms with Crippen LogP contribution in [0.5, 0.6) is 0 Å². The van der Waals surface area contributed by atoms with Gasteiger partial charge in [0, 0.05) is 19.8 Å². The molecular weight excluding hydrogens is 296 g/mol. The molecule has 0 aromatic rings. The SMILES string of the molecule is CCCCCCCCCCCCOCCCCCCCCCCO. The Hall–Kier alpha value is -0.0800. The van der Waals surface area contributed by atoms with Crippen molar-refractivity contribution < 1.29 is 9.84 Å².